The fourth-order valence-corrected chi connectivity index (χ4v) is 3.44. The van der Waals surface area contributed by atoms with Crippen molar-refractivity contribution >= 4 is 23.4 Å². The molecule has 0 saturated carbocycles. The van der Waals surface area contributed by atoms with Gasteiger partial charge in [-0.3, -0.25) is 9.59 Å². The molecule has 1 heterocycles. The molecule has 0 bridgehead atoms. The zero-order valence-electron chi connectivity index (χ0n) is 14.0. The van der Waals surface area contributed by atoms with Crippen LogP contribution in [-0.2, 0) is 9.59 Å². The number of amides is 2. The Balaban J connectivity index is 1.84. The monoisotopic (exact) mass is 356 g/mol. The average molecular weight is 357 g/mol. The quantitative estimate of drug-likeness (QED) is 0.914. The van der Waals surface area contributed by atoms with Crippen LogP contribution in [0.3, 0.4) is 0 Å². The number of rotatable bonds is 4. The molecule has 1 fully saturated rings. The van der Waals surface area contributed by atoms with Gasteiger partial charge in [-0.1, -0.05) is 60.1 Å². The molecule has 1 N–H and O–H groups in total. The van der Waals surface area contributed by atoms with Gasteiger partial charge in [0.15, 0.2) is 0 Å². The van der Waals surface area contributed by atoms with E-state index in [1.54, 1.807) is 4.90 Å². The molecule has 1 aliphatic rings. The lowest BCUT2D eigenvalue weighted by atomic mass is 9.88. The van der Waals surface area contributed by atoms with Gasteiger partial charge in [0.05, 0.1) is 0 Å². The first-order valence-electron chi connectivity index (χ1n) is 8.49. The van der Waals surface area contributed by atoms with Crippen LogP contribution in [-0.4, -0.2) is 36.3 Å². The summed E-state index contributed by atoms with van der Waals surface area (Å²) in [7, 11) is 0. The Kier molecular flexibility index (Phi) is 5.71. The van der Waals surface area contributed by atoms with Gasteiger partial charge in [-0.2, -0.15) is 0 Å². The predicted molar refractivity (Wildman–Crippen MR) is 98.6 cm³/mol. The van der Waals surface area contributed by atoms with Gasteiger partial charge < -0.3 is 10.2 Å². The Morgan fingerprint density at radius 1 is 1.08 bits per heavy atom. The number of benzene rings is 2. The van der Waals surface area contributed by atoms with Crippen molar-refractivity contribution in [1.82, 2.24) is 10.2 Å². The van der Waals surface area contributed by atoms with Gasteiger partial charge in [-0.05, 0) is 17.2 Å². The second kappa shape index (κ2) is 8.17. The molecule has 5 heteroatoms. The number of hydrogen-bond acceptors (Lipinski definition) is 2. The molecular formula is C20H21ClN2O2. The maximum atomic E-state index is 12.9. The van der Waals surface area contributed by atoms with E-state index in [-0.39, 0.29) is 17.7 Å². The van der Waals surface area contributed by atoms with Crippen LogP contribution in [0.25, 0.3) is 0 Å². The number of halogens is 1. The number of carbonyl (C=O) groups excluding carboxylic acids is 2. The molecule has 130 valence electrons. The lowest BCUT2D eigenvalue weighted by Crippen LogP contribution is -2.35. The Hall–Kier alpha value is -2.33. The molecule has 25 heavy (non-hydrogen) atoms. The SMILES string of the molecule is O=C1CCN(C(=O)C[C@H](c2ccccc2)c2ccccc2Cl)CCN1. The molecule has 0 radical (unpaired) electrons. The molecule has 1 saturated heterocycles. The highest BCUT2D eigenvalue weighted by atomic mass is 35.5. The van der Waals surface area contributed by atoms with E-state index in [4.69, 9.17) is 11.6 Å². The van der Waals surface area contributed by atoms with Gasteiger partial charge in [0.1, 0.15) is 0 Å². The highest BCUT2D eigenvalue weighted by Crippen LogP contribution is 2.33. The zero-order chi connectivity index (χ0) is 17.6. The van der Waals surface area contributed by atoms with E-state index in [2.05, 4.69) is 5.32 Å². The molecule has 0 spiro atoms. The van der Waals surface area contributed by atoms with Crippen molar-refractivity contribution in [2.45, 2.75) is 18.8 Å². The van der Waals surface area contributed by atoms with Crippen molar-refractivity contribution in [2.75, 3.05) is 19.6 Å². The van der Waals surface area contributed by atoms with Crippen molar-refractivity contribution < 1.29 is 9.59 Å². The van der Waals surface area contributed by atoms with Crippen LogP contribution in [0, 0.1) is 0 Å². The molecule has 0 aliphatic carbocycles. The van der Waals surface area contributed by atoms with Crippen LogP contribution in [0.2, 0.25) is 5.02 Å². The van der Waals surface area contributed by atoms with E-state index < -0.39 is 0 Å². The summed E-state index contributed by atoms with van der Waals surface area (Å²) in [4.78, 5) is 26.1. The zero-order valence-corrected chi connectivity index (χ0v) is 14.7. The molecule has 2 aromatic rings. The van der Waals surface area contributed by atoms with Crippen LogP contribution < -0.4 is 5.32 Å². The molecule has 1 aliphatic heterocycles. The third kappa shape index (κ3) is 4.40. The smallest absolute Gasteiger partial charge is 0.223 e. The first kappa shape index (κ1) is 17.5. The standard InChI is InChI=1S/C20H21ClN2O2/c21-18-9-5-4-8-16(18)17(15-6-2-1-3-7-15)14-20(25)23-12-10-19(24)22-11-13-23/h1-9,17H,10-14H2,(H,22,24)/t17-/m1/s1. The maximum absolute atomic E-state index is 12.9. The summed E-state index contributed by atoms with van der Waals surface area (Å²) in [5, 5.41) is 3.46. The first-order valence-corrected chi connectivity index (χ1v) is 8.87. The third-order valence-corrected chi connectivity index (χ3v) is 4.87. The summed E-state index contributed by atoms with van der Waals surface area (Å²) in [6.07, 6.45) is 0.690. The molecule has 2 aromatic carbocycles. The van der Waals surface area contributed by atoms with E-state index in [1.165, 1.54) is 0 Å². The molecular weight excluding hydrogens is 336 g/mol. The van der Waals surface area contributed by atoms with Gasteiger partial charge in [0.25, 0.3) is 0 Å². The number of carbonyl (C=O) groups is 2. The normalized spacial score (nSPS) is 16.0. The Bertz CT molecular complexity index is 748. The number of hydrogen-bond donors (Lipinski definition) is 1. The summed E-state index contributed by atoms with van der Waals surface area (Å²) in [6, 6.07) is 17.6. The lowest BCUT2D eigenvalue weighted by Gasteiger charge is -2.24. The fraction of sp³-hybridized carbons (Fsp3) is 0.300. The Morgan fingerprint density at radius 3 is 2.56 bits per heavy atom. The molecule has 4 nitrogen and oxygen atoms in total. The van der Waals surface area contributed by atoms with Crippen LogP contribution in [0.1, 0.15) is 29.9 Å². The maximum Gasteiger partial charge on any atom is 0.223 e. The minimum absolute atomic E-state index is 0.000938. The van der Waals surface area contributed by atoms with E-state index in [9.17, 15) is 9.59 Å². The van der Waals surface area contributed by atoms with Crippen LogP contribution in [0.5, 0.6) is 0 Å². The van der Waals surface area contributed by atoms with E-state index in [1.807, 2.05) is 54.6 Å². The number of nitrogens with zero attached hydrogens (tertiary/aromatic N) is 1. The van der Waals surface area contributed by atoms with Crippen LogP contribution in [0.4, 0.5) is 0 Å². The second-order valence-electron chi connectivity index (χ2n) is 6.17. The summed E-state index contributed by atoms with van der Waals surface area (Å²) < 4.78 is 0. The molecule has 0 unspecified atom stereocenters. The highest BCUT2D eigenvalue weighted by Gasteiger charge is 2.25. The van der Waals surface area contributed by atoms with Crippen molar-refractivity contribution in [3.63, 3.8) is 0 Å². The van der Waals surface area contributed by atoms with Crippen LogP contribution in [0.15, 0.2) is 54.6 Å². The van der Waals surface area contributed by atoms with Crippen LogP contribution >= 0.6 is 11.6 Å². The summed E-state index contributed by atoms with van der Waals surface area (Å²) in [5.74, 6) is -0.0550. The minimum atomic E-state index is -0.102. The predicted octanol–water partition coefficient (Wildman–Crippen LogP) is 3.21. The van der Waals surface area contributed by atoms with Crippen molar-refractivity contribution in [3.05, 3.63) is 70.7 Å². The fourth-order valence-electron chi connectivity index (χ4n) is 3.17. The van der Waals surface area contributed by atoms with E-state index in [0.29, 0.717) is 37.5 Å². The van der Waals surface area contributed by atoms with E-state index in [0.717, 1.165) is 11.1 Å². The van der Waals surface area contributed by atoms with Crippen molar-refractivity contribution in [2.24, 2.45) is 0 Å². The number of nitrogens with one attached hydrogen (secondary N) is 1. The lowest BCUT2D eigenvalue weighted by molar-refractivity contribution is -0.131. The van der Waals surface area contributed by atoms with Crippen molar-refractivity contribution in [1.29, 1.82) is 0 Å². The third-order valence-electron chi connectivity index (χ3n) is 4.53. The molecule has 0 aromatic heterocycles. The molecule has 1 atom stereocenters. The van der Waals surface area contributed by atoms with Gasteiger partial charge >= 0.3 is 0 Å². The highest BCUT2D eigenvalue weighted by molar-refractivity contribution is 6.31. The second-order valence-corrected chi connectivity index (χ2v) is 6.58. The average Bonchev–Trinajstić information content (AvgIpc) is 2.86. The Morgan fingerprint density at radius 2 is 1.80 bits per heavy atom. The topological polar surface area (TPSA) is 49.4 Å². The van der Waals surface area contributed by atoms with Gasteiger partial charge in [-0.25, -0.2) is 0 Å². The van der Waals surface area contributed by atoms with E-state index >= 15 is 0 Å². The Labute approximate surface area is 152 Å². The molecule has 3 rings (SSSR count). The van der Waals surface area contributed by atoms with Gasteiger partial charge in [0, 0.05) is 43.4 Å². The van der Waals surface area contributed by atoms with Crippen molar-refractivity contribution in [3.8, 4) is 0 Å². The molecule has 2 amide bonds. The van der Waals surface area contributed by atoms with Gasteiger partial charge in [0.2, 0.25) is 11.8 Å². The summed E-state index contributed by atoms with van der Waals surface area (Å²) in [6.45, 7) is 1.52. The summed E-state index contributed by atoms with van der Waals surface area (Å²) in [5.41, 5.74) is 2.01. The minimum Gasteiger partial charge on any atom is -0.354 e. The summed E-state index contributed by atoms with van der Waals surface area (Å²) >= 11 is 6.40. The van der Waals surface area contributed by atoms with Gasteiger partial charge in [-0.15, -0.1) is 0 Å². The largest absolute Gasteiger partial charge is 0.354 e. The first-order chi connectivity index (χ1) is 12.1.